The lowest BCUT2D eigenvalue weighted by Gasteiger charge is -2.37. The quantitative estimate of drug-likeness (QED) is 0.838. The van der Waals surface area contributed by atoms with E-state index in [1.54, 1.807) is 0 Å². The summed E-state index contributed by atoms with van der Waals surface area (Å²) in [5, 5.41) is 0. The summed E-state index contributed by atoms with van der Waals surface area (Å²) in [5.41, 5.74) is 0.690. The Balaban J connectivity index is 1.50. The van der Waals surface area contributed by atoms with Crippen LogP contribution in [0.4, 0.5) is 0 Å². The molecule has 1 aromatic carbocycles. The summed E-state index contributed by atoms with van der Waals surface area (Å²) < 4.78 is 0. The Labute approximate surface area is 143 Å². The minimum Gasteiger partial charge on any atom is -0.340 e. The third kappa shape index (κ3) is 2.83. The Bertz CT molecular complexity index is 603. The van der Waals surface area contributed by atoms with Gasteiger partial charge in [0.25, 0.3) is 5.91 Å². The van der Waals surface area contributed by atoms with E-state index in [4.69, 9.17) is 0 Å². The monoisotopic (exact) mass is 326 g/mol. The highest BCUT2D eigenvalue weighted by molar-refractivity contribution is 5.97. The van der Waals surface area contributed by atoms with Gasteiger partial charge in [-0.1, -0.05) is 24.6 Å². The van der Waals surface area contributed by atoms with Crippen molar-refractivity contribution in [1.82, 2.24) is 9.80 Å². The number of carbonyl (C=O) groups is 2. The van der Waals surface area contributed by atoms with Gasteiger partial charge in [-0.3, -0.25) is 9.59 Å². The van der Waals surface area contributed by atoms with Crippen LogP contribution in [0.5, 0.6) is 0 Å². The van der Waals surface area contributed by atoms with Crippen LogP contribution in [0, 0.1) is 11.8 Å². The van der Waals surface area contributed by atoms with Gasteiger partial charge in [-0.05, 0) is 56.1 Å². The molecule has 0 radical (unpaired) electrons. The Morgan fingerprint density at radius 3 is 2.29 bits per heavy atom. The Kier molecular flexibility index (Phi) is 4.30. The van der Waals surface area contributed by atoms with Crippen LogP contribution in [0.15, 0.2) is 30.3 Å². The molecular formula is C20H26N2O2. The Hall–Kier alpha value is -1.84. The standard InChI is InChI=1S/C20H26N2O2/c23-19(15-7-2-1-3-8-15)22-12-5-4-11-18(22)20(24)21-13-16-9-6-10-17(16)14-21/h1-3,7-8,16-18H,4-6,9-14H2/t16-,17-,18-/m0/s1. The number of rotatable bonds is 2. The number of hydrogen-bond donors (Lipinski definition) is 0. The fraction of sp³-hybridized carbons (Fsp3) is 0.600. The van der Waals surface area contributed by atoms with E-state index in [2.05, 4.69) is 4.90 Å². The normalized spacial score (nSPS) is 29.6. The van der Waals surface area contributed by atoms with E-state index < -0.39 is 0 Å². The van der Waals surface area contributed by atoms with Gasteiger partial charge < -0.3 is 9.80 Å². The van der Waals surface area contributed by atoms with Crippen molar-refractivity contribution >= 4 is 11.8 Å². The molecule has 3 atom stereocenters. The summed E-state index contributed by atoms with van der Waals surface area (Å²) in [4.78, 5) is 29.9. The molecule has 0 bridgehead atoms. The second-order valence-electron chi connectivity index (χ2n) is 7.57. The van der Waals surface area contributed by atoms with E-state index in [0.717, 1.165) is 32.4 Å². The first-order valence-corrected chi connectivity index (χ1v) is 9.39. The maximum absolute atomic E-state index is 13.1. The highest BCUT2D eigenvalue weighted by Gasteiger charge is 2.42. The van der Waals surface area contributed by atoms with E-state index >= 15 is 0 Å². The fourth-order valence-electron chi connectivity index (χ4n) is 4.80. The molecule has 24 heavy (non-hydrogen) atoms. The van der Waals surface area contributed by atoms with Crippen molar-refractivity contribution < 1.29 is 9.59 Å². The average molecular weight is 326 g/mol. The predicted octanol–water partition coefficient (Wildman–Crippen LogP) is 2.94. The third-order valence-corrected chi connectivity index (χ3v) is 6.11. The van der Waals surface area contributed by atoms with Gasteiger partial charge in [0, 0.05) is 25.2 Å². The smallest absolute Gasteiger partial charge is 0.254 e. The molecule has 1 saturated carbocycles. The second kappa shape index (κ2) is 6.58. The highest BCUT2D eigenvalue weighted by Crippen LogP contribution is 2.38. The minimum absolute atomic E-state index is 0.00745. The van der Waals surface area contributed by atoms with Crippen molar-refractivity contribution in [3.8, 4) is 0 Å². The van der Waals surface area contributed by atoms with Gasteiger partial charge in [0.05, 0.1) is 0 Å². The SMILES string of the molecule is O=C([C@@H]1CCCCN1C(=O)c1ccccc1)N1C[C@@H]2CCC[C@H]2C1. The molecule has 4 heteroatoms. The number of fused-ring (bicyclic) bond motifs is 1. The number of hydrogen-bond acceptors (Lipinski definition) is 2. The van der Waals surface area contributed by atoms with Crippen LogP contribution in [0.1, 0.15) is 48.9 Å². The van der Waals surface area contributed by atoms with Gasteiger partial charge in [-0.2, -0.15) is 0 Å². The van der Waals surface area contributed by atoms with Crippen LogP contribution in [0.2, 0.25) is 0 Å². The van der Waals surface area contributed by atoms with Crippen molar-refractivity contribution in [3.63, 3.8) is 0 Å². The summed E-state index contributed by atoms with van der Waals surface area (Å²) in [5.74, 6) is 1.60. The molecule has 2 saturated heterocycles. The molecule has 128 valence electrons. The lowest BCUT2D eigenvalue weighted by molar-refractivity contribution is -0.136. The molecule has 4 rings (SSSR count). The van der Waals surface area contributed by atoms with E-state index in [0.29, 0.717) is 23.9 Å². The van der Waals surface area contributed by atoms with Crippen LogP contribution in [-0.4, -0.2) is 47.3 Å². The number of likely N-dealkylation sites (tertiary alicyclic amines) is 2. The molecule has 2 heterocycles. The number of nitrogens with zero attached hydrogens (tertiary/aromatic N) is 2. The van der Waals surface area contributed by atoms with Gasteiger partial charge in [0.2, 0.25) is 5.91 Å². The molecule has 1 aliphatic carbocycles. The lowest BCUT2D eigenvalue weighted by atomic mass is 9.99. The van der Waals surface area contributed by atoms with Gasteiger partial charge in [0.1, 0.15) is 6.04 Å². The first-order valence-electron chi connectivity index (χ1n) is 9.39. The van der Waals surface area contributed by atoms with Gasteiger partial charge in [-0.15, -0.1) is 0 Å². The maximum atomic E-state index is 13.1. The summed E-state index contributed by atoms with van der Waals surface area (Å²) in [6, 6.07) is 9.12. The summed E-state index contributed by atoms with van der Waals surface area (Å²) in [6.07, 6.45) is 6.70. The molecule has 0 aromatic heterocycles. The summed E-state index contributed by atoms with van der Waals surface area (Å²) >= 11 is 0. The molecule has 2 aliphatic heterocycles. The van der Waals surface area contributed by atoms with Gasteiger partial charge in [0.15, 0.2) is 0 Å². The first kappa shape index (κ1) is 15.7. The zero-order chi connectivity index (χ0) is 16.5. The van der Waals surface area contributed by atoms with E-state index in [1.807, 2.05) is 35.2 Å². The molecule has 3 aliphatic rings. The third-order valence-electron chi connectivity index (χ3n) is 6.11. The van der Waals surface area contributed by atoms with E-state index in [-0.39, 0.29) is 17.9 Å². The molecule has 0 unspecified atom stereocenters. The van der Waals surface area contributed by atoms with Gasteiger partial charge >= 0.3 is 0 Å². The average Bonchev–Trinajstić information content (AvgIpc) is 3.23. The lowest BCUT2D eigenvalue weighted by Crippen LogP contribution is -2.52. The van der Waals surface area contributed by atoms with Crippen LogP contribution in [-0.2, 0) is 4.79 Å². The molecule has 1 aromatic rings. The van der Waals surface area contributed by atoms with Gasteiger partial charge in [-0.25, -0.2) is 0 Å². The topological polar surface area (TPSA) is 40.6 Å². The Morgan fingerprint density at radius 1 is 0.875 bits per heavy atom. The number of carbonyl (C=O) groups excluding carboxylic acids is 2. The molecule has 0 spiro atoms. The van der Waals surface area contributed by atoms with Crippen LogP contribution in [0.3, 0.4) is 0 Å². The molecule has 4 nitrogen and oxygen atoms in total. The van der Waals surface area contributed by atoms with Crippen molar-refractivity contribution in [3.05, 3.63) is 35.9 Å². The molecule has 2 amide bonds. The van der Waals surface area contributed by atoms with E-state index in [9.17, 15) is 9.59 Å². The van der Waals surface area contributed by atoms with Crippen LogP contribution in [0.25, 0.3) is 0 Å². The maximum Gasteiger partial charge on any atom is 0.254 e. The summed E-state index contributed by atoms with van der Waals surface area (Å²) in [6.45, 7) is 2.52. The number of amides is 2. The van der Waals surface area contributed by atoms with Crippen molar-refractivity contribution in [2.24, 2.45) is 11.8 Å². The van der Waals surface area contributed by atoms with Crippen molar-refractivity contribution in [2.45, 2.75) is 44.6 Å². The zero-order valence-electron chi connectivity index (χ0n) is 14.2. The molecule has 0 N–H and O–H groups in total. The number of benzene rings is 1. The van der Waals surface area contributed by atoms with Crippen molar-refractivity contribution in [2.75, 3.05) is 19.6 Å². The highest BCUT2D eigenvalue weighted by atomic mass is 16.2. The zero-order valence-corrected chi connectivity index (χ0v) is 14.2. The van der Waals surface area contributed by atoms with Crippen LogP contribution >= 0.6 is 0 Å². The first-order chi connectivity index (χ1) is 11.7. The van der Waals surface area contributed by atoms with E-state index in [1.165, 1.54) is 19.3 Å². The number of piperidine rings is 1. The fourth-order valence-corrected chi connectivity index (χ4v) is 4.80. The van der Waals surface area contributed by atoms with Crippen molar-refractivity contribution in [1.29, 1.82) is 0 Å². The van der Waals surface area contributed by atoms with Crippen LogP contribution < -0.4 is 0 Å². The summed E-state index contributed by atoms with van der Waals surface area (Å²) in [7, 11) is 0. The largest absolute Gasteiger partial charge is 0.340 e. The Morgan fingerprint density at radius 2 is 1.58 bits per heavy atom. The predicted molar refractivity (Wildman–Crippen MR) is 92.5 cm³/mol. The molecule has 3 fully saturated rings. The minimum atomic E-state index is -0.259. The second-order valence-corrected chi connectivity index (χ2v) is 7.57. The molecular weight excluding hydrogens is 300 g/mol.